The van der Waals surface area contributed by atoms with Crippen molar-refractivity contribution >= 4 is 59.4 Å². The molecule has 3 aromatic carbocycles. The second kappa shape index (κ2) is 8.71. The molecule has 0 aliphatic rings. The molecule has 0 aliphatic heterocycles. The van der Waals surface area contributed by atoms with E-state index >= 15 is 0 Å². The molecule has 0 amide bonds. The van der Waals surface area contributed by atoms with E-state index in [9.17, 15) is 13.0 Å². The van der Waals surface area contributed by atoms with Gasteiger partial charge in [-0.2, -0.15) is 8.42 Å². The molecule has 168 valence electrons. The number of nitrogens with zero attached hydrogens (tertiary/aromatic N) is 5. The Balaban J connectivity index is 1.56. The van der Waals surface area contributed by atoms with E-state index in [1.807, 2.05) is 18.2 Å². The average Bonchev–Trinajstić information content (AvgIpc) is 3.27. The lowest BCUT2D eigenvalue weighted by atomic mass is 10.1. The van der Waals surface area contributed by atoms with Crippen molar-refractivity contribution in [3.63, 3.8) is 0 Å². The van der Waals surface area contributed by atoms with Crippen LogP contribution in [0.5, 0.6) is 0 Å². The molecule has 0 unspecified atom stereocenters. The third kappa shape index (κ3) is 4.03. The van der Waals surface area contributed by atoms with Crippen LogP contribution in [0.15, 0.2) is 104 Å². The van der Waals surface area contributed by atoms with E-state index in [-0.39, 0.29) is 21.7 Å². The maximum Gasteiger partial charge on any atom is 0.295 e. The van der Waals surface area contributed by atoms with Gasteiger partial charge in [-0.25, -0.2) is 0 Å². The minimum Gasteiger partial charge on any atom is -0.305 e. The molecular formula is C23H16N6O3S2. The van der Waals surface area contributed by atoms with Gasteiger partial charge in [-0.15, -0.1) is 26.7 Å². The zero-order valence-corrected chi connectivity index (χ0v) is 19.0. The maximum atomic E-state index is 12.0. The summed E-state index contributed by atoms with van der Waals surface area (Å²) in [5.74, 6) is 5.26. The van der Waals surface area contributed by atoms with Gasteiger partial charge in [0, 0.05) is 31.8 Å². The van der Waals surface area contributed by atoms with Crippen molar-refractivity contribution in [3.05, 3.63) is 78.3 Å². The summed E-state index contributed by atoms with van der Waals surface area (Å²) in [5.41, 5.74) is 2.58. The van der Waals surface area contributed by atoms with Gasteiger partial charge in [0.2, 0.25) is 0 Å². The van der Waals surface area contributed by atoms with Crippen molar-refractivity contribution in [1.82, 2.24) is 4.98 Å². The standard InChI is InChI=1S/C23H16N6O3S2/c24-29-28-23-17-7-2-1-6-16(17)22(34(30,31)32)11-20(23)27-26-14-9-10-19(25-12-14)18-13-33-21-8-4-3-5-15(18)21/h1-13H,(H2,24,28)(H,30,31,32). The lowest BCUT2D eigenvalue weighted by molar-refractivity contribution is 0.484. The number of thiophene rings is 1. The summed E-state index contributed by atoms with van der Waals surface area (Å²) in [6.07, 6.45) is 1.57. The quantitative estimate of drug-likeness (QED) is 0.122. The fourth-order valence-corrected chi connectivity index (χ4v) is 5.33. The van der Waals surface area contributed by atoms with E-state index in [0.29, 0.717) is 11.1 Å². The zero-order valence-electron chi connectivity index (χ0n) is 17.4. The molecule has 2 aromatic heterocycles. The highest BCUT2D eigenvalue weighted by atomic mass is 32.2. The molecule has 5 aromatic rings. The summed E-state index contributed by atoms with van der Waals surface area (Å²) in [5, 5.41) is 19.4. The van der Waals surface area contributed by atoms with Gasteiger partial charge in [0.1, 0.15) is 22.0 Å². The first kappa shape index (κ1) is 21.8. The van der Waals surface area contributed by atoms with Gasteiger partial charge in [0.15, 0.2) is 0 Å². The molecule has 0 saturated carbocycles. The molecule has 2 heterocycles. The molecule has 0 saturated heterocycles. The molecule has 0 fully saturated rings. The van der Waals surface area contributed by atoms with Gasteiger partial charge in [-0.1, -0.05) is 47.7 Å². The van der Waals surface area contributed by atoms with E-state index < -0.39 is 10.1 Å². The first-order valence-electron chi connectivity index (χ1n) is 9.94. The van der Waals surface area contributed by atoms with Crippen LogP contribution in [-0.2, 0) is 10.1 Å². The number of benzene rings is 3. The molecule has 5 rings (SSSR count). The third-order valence-electron chi connectivity index (χ3n) is 5.17. The first-order valence-corrected chi connectivity index (χ1v) is 12.3. The minimum atomic E-state index is -4.53. The van der Waals surface area contributed by atoms with Crippen LogP contribution in [-0.4, -0.2) is 18.0 Å². The van der Waals surface area contributed by atoms with Crippen molar-refractivity contribution < 1.29 is 13.0 Å². The fraction of sp³-hybridized carbons (Fsp3) is 0. The number of nitrogens with two attached hydrogens (primary N) is 1. The maximum absolute atomic E-state index is 12.0. The van der Waals surface area contributed by atoms with E-state index in [1.165, 1.54) is 10.8 Å². The van der Waals surface area contributed by atoms with Gasteiger partial charge in [-0.3, -0.25) is 9.54 Å². The highest BCUT2D eigenvalue weighted by Crippen LogP contribution is 2.41. The summed E-state index contributed by atoms with van der Waals surface area (Å²) in [6, 6.07) is 19.4. The Hall–Kier alpha value is -4.06. The molecular weight excluding hydrogens is 472 g/mol. The van der Waals surface area contributed by atoms with E-state index in [2.05, 4.69) is 43.1 Å². The molecule has 34 heavy (non-hydrogen) atoms. The van der Waals surface area contributed by atoms with Crippen LogP contribution in [0.3, 0.4) is 0 Å². The van der Waals surface area contributed by atoms with Crippen LogP contribution >= 0.6 is 11.3 Å². The third-order valence-corrected chi connectivity index (χ3v) is 7.03. The molecule has 3 N–H and O–H groups in total. The van der Waals surface area contributed by atoms with Crippen molar-refractivity contribution in [2.45, 2.75) is 4.90 Å². The lowest BCUT2D eigenvalue weighted by Crippen LogP contribution is -1.99. The van der Waals surface area contributed by atoms with Gasteiger partial charge in [0.25, 0.3) is 10.1 Å². The molecule has 0 aliphatic carbocycles. The van der Waals surface area contributed by atoms with Gasteiger partial charge >= 0.3 is 0 Å². The normalized spacial score (nSPS) is 12.4. The molecule has 0 radical (unpaired) electrons. The summed E-state index contributed by atoms with van der Waals surface area (Å²) in [4.78, 5) is 4.19. The van der Waals surface area contributed by atoms with Crippen LogP contribution in [0, 0.1) is 0 Å². The summed E-state index contributed by atoms with van der Waals surface area (Å²) in [6.45, 7) is 0. The lowest BCUT2D eigenvalue weighted by Gasteiger charge is -2.08. The number of fused-ring (bicyclic) bond motifs is 2. The Kier molecular flexibility index (Phi) is 5.57. The van der Waals surface area contributed by atoms with Crippen molar-refractivity contribution in [2.24, 2.45) is 26.4 Å². The molecule has 9 nitrogen and oxygen atoms in total. The topological polar surface area (TPSA) is 143 Å². The van der Waals surface area contributed by atoms with Crippen LogP contribution in [0.1, 0.15) is 0 Å². The zero-order chi connectivity index (χ0) is 23.7. The number of hydrogen-bond donors (Lipinski definition) is 2. The van der Waals surface area contributed by atoms with Gasteiger partial charge in [0.05, 0.1) is 11.9 Å². The summed E-state index contributed by atoms with van der Waals surface area (Å²) >= 11 is 1.65. The smallest absolute Gasteiger partial charge is 0.295 e. The average molecular weight is 489 g/mol. The van der Waals surface area contributed by atoms with Crippen LogP contribution in [0.2, 0.25) is 0 Å². The highest BCUT2D eigenvalue weighted by Gasteiger charge is 2.20. The number of pyridine rings is 1. The Bertz CT molecular complexity index is 1690. The Morgan fingerprint density at radius 2 is 1.62 bits per heavy atom. The van der Waals surface area contributed by atoms with Crippen LogP contribution in [0.4, 0.5) is 17.1 Å². The number of aromatic nitrogens is 1. The van der Waals surface area contributed by atoms with E-state index in [4.69, 9.17) is 5.84 Å². The predicted octanol–water partition coefficient (Wildman–Crippen LogP) is 6.74. The number of rotatable bonds is 5. The Morgan fingerprint density at radius 3 is 2.32 bits per heavy atom. The highest BCUT2D eigenvalue weighted by molar-refractivity contribution is 7.86. The SMILES string of the molecule is NN=Nc1c(N=Nc2ccc(-c3csc4ccccc34)nc2)cc(S(=O)(=O)O)c2ccccc12. The van der Waals surface area contributed by atoms with Crippen LogP contribution < -0.4 is 5.84 Å². The van der Waals surface area contributed by atoms with Crippen LogP contribution in [0.25, 0.3) is 32.1 Å². The van der Waals surface area contributed by atoms with Crippen molar-refractivity contribution in [2.75, 3.05) is 0 Å². The van der Waals surface area contributed by atoms with E-state index in [1.54, 1.807) is 47.9 Å². The molecule has 11 heteroatoms. The summed E-state index contributed by atoms with van der Waals surface area (Å²) < 4.78 is 34.9. The molecule has 0 spiro atoms. The largest absolute Gasteiger partial charge is 0.305 e. The second-order valence-electron chi connectivity index (χ2n) is 7.23. The van der Waals surface area contributed by atoms with E-state index in [0.717, 1.165) is 16.6 Å². The summed E-state index contributed by atoms with van der Waals surface area (Å²) in [7, 11) is -4.53. The van der Waals surface area contributed by atoms with Gasteiger partial charge in [-0.05, 0) is 24.3 Å². The van der Waals surface area contributed by atoms with Crippen molar-refractivity contribution in [1.29, 1.82) is 0 Å². The number of hydrogen-bond acceptors (Lipinski definition) is 8. The second-order valence-corrected chi connectivity index (χ2v) is 9.53. The Morgan fingerprint density at radius 1 is 0.882 bits per heavy atom. The molecule has 0 atom stereocenters. The van der Waals surface area contributed by atoms with Crippen molar-refractivity contribution in [3.8, 4) is 11.3 Å². The Labute approximate surface area is 198 Å². The minimum absolute atomic E-state index is 0.0773. The molecule has 0 bridgehead atoms. The monoisotopic (exact) mass is 488 g/mol. The first-order chi connectivity index (χ1) is 16.5. The number of azo groups is 1. The van der Waals surface area contributed by atoms with Gasteiger partial charge < -0.3 is 5.84 Å². The predicted molar refractivity (Wildman–Crippen MR) is 132 cm³/mol. The fourth-order valence-electron chi connectivity index (χ4n) is 3.66.